The molecule has 0 unspecified atom stereocenters. The van der Waals surface area contributed by atoms with Crippen LogP contribution < -0.4 is 5.32 Å². The molecule has 0 aliphatic rings. The van der Waals surface area contributed by atoms with Gasteiger partial charge in [0.25, 0.3) is 0 Å². The maximum Gasteiger partial charge on any atom is 0.200 e. The SMILES string of the molecule is c1ccc(-c2csc(CCNc3ccc4nnnn4n3)n2)cc1. The van der Waals surface area contributed by atoms with Crippen LogP contribution in [0.1, 0.15) is 5.01 Å². The van der Waals surface area contributed by atoms with Crippen LogP contribution in [0.3, 0.4) is 0 Å². The van der Waals surface area contributed by atoms with Crippen molar-refractivity contribution in [1.29, 1.82) is 0 Å². The number of anilines is 1. The minimum absolute atomic E-state index is 0.628. The fourth-order valence-corrected chi connectivity index (χ4v) is 3.02. The predicted molar refractivity (Wildman–Crippen MR) is 88.3 cm³/mol. The van der Waals surface area contributed by atoms with Crippen LogP contribution in [0, 0.1) is 0 Å². The average Bonchev–Trinajstić information content (AvgIpc) is 3.24. The first-order valence-electron chi connectivity index (χ1n) is 7.18. The lowest BCUT2D eigenvalue weighted by Crippen LogP contribution is -2.08. The lowest BCUT2D eigenvalue weighted by atomic mass is 10.2. The Labute approximate surface area is 136 Å². The molecule has 114 valence electrons. The Balaban J connectivity index is 1.38. The molecule has 0 radical (unpaired) electrons. The second kappa shape index (κ2) is 6.09. The molecule has 23 heavy (non-hydrogen) atoms. The minimum atomic E-state index is 0.628. The van der Waals surface area contributed by atoms with Gasteiger partial charge < -0.3 is 5.32 Å². The third-order valence-electron chi connectivity index (χ3n) is 3.34. The molecule has 0 fully saturated rings. The number of nitrogens with one attached hydrogen (secondary N) is 1. The molecule has 8 heteroatoms. The van der Waals surface area contributed by atoms with E-state index < -0.39 is 0 Å². The highest BCUT2D eigenvalue weighted by atomic mass is 32.1. The molecular weight excluding hydrogens is 310 g/mol. The van der Waals surface area contributed by atoms with Gasteiger partial charge in [0.2, 0.25) is 0 Å². The summed E-state index contributed by atoms with van der Waals surface area (Å²) in [6.45, 7) is 0.752. The molecule has 0 atom stereocenters. The first-order valence-corrected chi connectivity index (χ1v) is 8.05. The number of aromatic nitrogens is 6. The van der Waals surface area contributed by atoms with Crippen molar-refractivity contribution in [2.24, 2.45) is 0 Å². The second-order valence-corrected chi connectivity index (χ2v) is 5.86. The zero-order valence-corrected chi connectivity index (χ0v) is 12.9. The van der Waals surface area contributed by atoms with Crippen LogP contribution in [-0.4, -0.2) is 36.8 Å². The highest BCUT2D eigenvalue weighted by molar-refractivity contribution is 7.09. The van der Waals surface area contributed by atoms with Crippen LogP contribution in [-0.2, 0) is 6.42 Å². The van der Waals surface area contributed by atoms with Crippen molar-refractivity contribution in [3.63, 3.8) is 0 Å². The quantitative estimate of drug-likeness (QED) is 0.607. The number of nitrogens with zero attached hydrogens (tertiary/aromatic N) is 6. The molecule has 3 heterocycles. The van der Waals surface area contributed by atoms with Gasteiger partial charge in [0.05, 0.1) is 10.7 Å². The molecule has 0 amide bonds. The van der Waals surface area contributed by atoms with E-state index in [-0.39, 0.29) is 0 Å². The Morgan fingerprint density at radius 3 is 2.91 bits per heavy atom. The van der Waals surface area contributed by atoms with Crippen LogP contribution >= 0.6 is 11.3 Å². The number of thiazole rings is 1. The largest absolute Gasteiger partial charge is 0.368 e. The van der Waals surface area contributed by atoms with Crippen molar-refractivity contribution in [3.05, 3.63) is 52.9 Å². The number of hydrogen-bond donors (Lipinski definition) is 1. The van der Waals surface area contributed by atoms with Gasteiger partial charge in [-0.1, -0.05) is 30.3 Å². The molecule has 7 nitrogen and oxygen atoms in total. The van der Waals surface area contributed by atoms with E-state index in [1.54, 1.807) is 11.3 Å². The molecule has 0 spiro atoms. The summed E-state index contributed by atoms with van der Waals surface area (Å²) in [7, 11) is 0. The molecule has 1 N–H and O–H groups in total. The van der Waals surface area contributed by atoms with E-state index in [2.05, 4.69) is 48.4 Å². The average molecular weight is 323 g/mol. The smallest absolute Gasteiger partial charge is 0.200 e. The van der Waals surface area contributed by atoms with Crippen molar-refractivity contribution in [2.45, 2.75) is 6.42 Å². The minimum Gasteiger partial charge on any atom is -0.368 e. The number of benzene rings is 1. The molecule has 0 saturated carbocycles. The van der Waals surface area contributed by atoms with E-state index in [0.29, 0.717) is 5.65 Å². The van der Waals surface area contributed by atoms with Crippen molar-refractivity contribution >= 4 is 22.8 Å². The van der Waals surface area contributed by atoms with Crippen LogP contribution in [0.5, 0.6) is 0 Å². The number of rotatable bonds is 5. The normalized spacial score (nSPS) is 11.0. The molecule has 0 aliphatic carbocycles. The zero-order chi connectivity index (χ0) is 15.5. The summed E-state index contributed by atoms with van der Waals surface area (Å²) in [4.78, 5) is 4.67. The van der Waals surface area contributed by atoms with Crippen LogP contribution in [0.4, 0.5) is 5.82 Å². The van der Waals surface area contributed by atoms with E-state index in [4.69, 9.17) is 0 Å². The van der Waals surface area contributed by atoms with E-state index in [0.717, 1.165) is 35.0 Å². The van der Waals surface area contributed by atoms with Gasteiger partial charge >= 0.3 is 0 Å². The molecule has 3 aromatic heterocycles. The standard InChI is InChI=1S/C15H13N7S/c1-2-4-11(5-3-1)12-10-23-15(17-12)8-9-16-13-6-7-14-18-20-21-22(14)19-13/h1-7,10H,8-9H2,(H,16,19). The van der Waals surface area contributed by atoms with Gasteiger partial charge in [-0.15, -0.1) is 26.2 Å². The number of fused-ring (bicyclic) bond motifs is 1. The lowest BCUT2D eigenvalue weighted by molar-refractivity contribution is 0.733. The van der Waals surface area contributed by atoms with Crippen LogP contribution in [0.15, 0.2) is 47.8 Å². The zero-order valence-electron chi connectivity index (χ0n) is 12.1. The topological polar surface area (TPSA) is 80.9 Å². The van der Waals surface area contributed by atoms with E-state index >= 15 is 0 Å². The summed E-state index contributed by atoms with van der Waals surface area (Å²) >= 11 is 1.67. The first-order chi connectivity index (χ1) is 11.4. The molecule has 4 rings (SSSR count). The molecule has 0 aliphatic heterocycles. The summed E-state index contributed by atoms with van der Waals surface area (Å²) < 4.78 is 1.40. The van der Waals surface area contributed by atoms with E-state index in [9.17, 15) is 0 Å². The van der Waals surface area contributed by atoms with Gasteiger partial charge in [0.1, 0.15) is 5.82 Å². The van der Waals surface area contributed by atoms with Crippen molar-refractivity contribution in [1.82, 2.24) is 30.2 Å². The van der Waals surface area contributed by atoms with Gasteiger partial charge in [-0.25, -0.2) is 4.98 Å². The number of hydrogen-bond acceptors (Lipinski definition) is 7. The number of tetrazole rings is 1. The van der Waals surface area contributed by atoms with Gasteiger partial charge in [0.15, 0.2) is 5.65 Å². The third kappa shape index (κ3) is 3.02. The van der Waals surface area contributed by atoms with Gasteiger partial charge in [-0.2, -0.15) is 0 Å². The van der Waals surface area contributed by atoms with Crippen LogP contribution in [0.2, 0.25) is 0 Å². The third-order valence-corrected chi connectivity index (χ3v) is 4.24. The Bertz CT molecular complexity index is 916. The molecule has 0 saturated heterocycles. The maximum atomic E-state index is 4.67. The maximum absolute atomic E-state index is 4.67. The molecule has 1 aromatic carbocycles. The molecular formula is C15H13N7S. The predicted octanol–water partition coefficient (Wildman–Crippen LogP) is 2.30. The fourth-order valence-electron chi connectivity index (χ4n) is 2.21. The fraction of sp³-hybridized carbons (Fsp3) is 0.133. The monoisotopic (exact) mass is 323 g/mol. The van der Waals surface area contributed by atoms with Crippen molar-refractivity contribution in [3.8, 4) is 11.3 Å². The molecule has 4 aromatic rings. The first kappa shape index (κ1) is 13.8. The summed E-state index contributed by atoms with van der Waals surface area (Å²) in [5, 5.41) is 21.9. The summed E-state index contributed by atoms with van der Waals surface area (Å²) in [6.07, 6.45) is 0.840. The van der Waals surface area contributed by atoms with Crippen LogP contribution in [0.25, 0.3) is 16.9 Å². The van der Waals surface area contributed by atoms with Gasteiger partial charge in [-0.3, -0.25) is 0 Å². The van der Waals surface area contributed by atoms with Crippen molar-refractivity contribution < 1.29 is 0 Å². The second-order valence-electron chi connectivity index (χ2n) is 4.91. The highest BCUT2D eigenvalue weighted by Gasteiger charge is 2.05. The van der Waals surface area contributed by atoms with E-state index in [1.807, 2.05) is 30.3 Å². The van der Waals surface area contributed by atoms with Crippen molar-refractivity contribution in [2.75, 3.05) is 11.9 Å². The lowest BCUT2D eigenvalue weighted by Gasteiger charge is -2.03. The molecule has 0 bridgehead atoms. The van der Waals surface area contributed by atoms with Gasteiger partial charge in [0, 0.05) is 23.9 Å². The summed E-state index contributed by atoms with van der Waals surface area (Å²) in [5.41, 5.74) is 2.80. The Morgan fingerprint density at radius 1 is 1.09 bits per heavy atom. The Kier molecular flexibility index (Phi) is 3.65. The van der Waals surface area contributed by atoms with Gasteiger partial charge in [-0.05, 0) is 22.6 Å². The Hall–Kier alpha value is -2.87. The van der Waals surface area contributed by atoms with E-state index in [1.165, 1.54) is 4.63 Å². The summed E-state index contributed by atoms with van der Waals surface area (Å²) in [6, 6.07) is 13.9. The summed E-state index contributed by atoms with van der Waals surface area (Å²) in [5.74, 6) is 0.740. The Morgan fingerprint density at radius 2 is 2.00 bits per heavy atom. The highest BCUT2D eigenvalue weighted by Crippen LogP contribution is 2.21.